The molecular weight excluding hydrogens is 198 g/mol. The normalized spacial score (nSPS) is 13.3. The monoisotopic (exact) mass is 225 g/mol. The van der Waals surface area contributed by atoms with E-state index in [-0.39, 0.29) is 6.10 Å². The second-order valence-corrected chi connectivity index (χ2v) is 3.50. The first-order valence-electron chi connectivity index (χ1n) is 5.87. The van der Waals surface area contributed by atoms with E-state index in [1.54, 1.807) is 6.08 Å². The zero-order chi connectivity index (χ0) is 13.0. The van der Waals surface area contributed by atoms with E-state index in [1.807, 2.05) is 53.1 Å². The fourth-order valence-electron chi connectivity index (χ4n) is 1.20. The predicted octanol–water partition coefficient (Wildman–Crippen LogP) is 3.63. The summed E-state index contributed by atoms with van der Waals surface area (Å²) in [5, 5.41) is 0. The van der Waals surface area contributed by atoms with Crippen LogP contribution >= 0.6 is 0 Å². The highest BCUT2D eigenvalue weighted by atomic mass is 16.5. The maximum absolute atomic E-state index is 5.70. The number of allylic oxidation sites excluding steroid dienone is 4. The summed E-state index contributed by atoms with van der Waals surface area (Å²) in [5.41, 5.74) is 0. The molecule has 0 aliphatic rings. The van der Waals surface area contributed by atoms with Crippen molar-refractivity contribution in [2.75, 3.05) is 20.6 Å². The minimum atomic E-state index is 0.187. The van der Waals surface area contributed by atoms with Crippen LogP contribution in [0.3, 0.4) is 0 Å². The Bertz CT molecular complexity index is 217. The third kappa shape index (κ3) is 11.1. The maximum Gasteiger partial charge on any atom is 0.119 e. The van der Waals surface area contributed by atoms with E-state index in [0.29, 0.717) is 0 Å². The first-order valence-corrected chi connectivity index (χ1v) is 5.87. The molecule has 94 valence electrons. The minimum Gasteiger partial charge on any atom is -0.489 e. The van der Waals surface area contributed by atoms with Crippen molar-refractivity contribution in [3.63, 3.8) is 0 Å². The summed E-state index contributed by atoms with van der Waals surface area (Å²) in [6.45, 7) is 12.6. The van der Waals surface area contributed by atoms with Crippen LogP contribution in [-0.4, -0.2) is 31.6 Å². The topological polar surface area (TPSA) is 12.5 Å². The van der Waals surface area contributed by atoms with Crippen molar-refractivity contribution in [1.82, 2.24) is 4.90 Å². The van der Waals surface area contributed by atoms with Gasteiger partial charge in [-0.25, -0.2) is 0 Å². The van der Waals surface area contributed by atoms with Gasteiger partial charge in [-0.15, -0.1) is 0 Å². The molecular formula is C14H27NO. The Kier molecular flexibility index (Phi) is 13.1. The minimum absolute atomic E-state index is 0.187. The molecule has 0 fully saturated rings. The molecule has 0 aliphatic carbocycles. The molecule has 0 spiro atoms. The average Bonchev–Trinajstić information content (AvgIpc) is 2.20. The highest BCUT2D eigenvalue weighted by Crippen LogP contribution is 2.05. The Morgan fingerprint density at radius 2 is 1.94 bits per heavy atom. The summed E-state index contributed by atoms with van der Waals surface area (Å²) in [6.07, 6.45) is 7.68. The molecule has 2 nitrogen and oxygen atoms in total. The molecule has 1 atom stereocenters. The summed E-state index contributed by atoms with van der Waals surface area (Å²) in [5.74, 6) is 0.858. The summed E-state index contributed by atoms with van der Waals surface area (Å²) in [7, 11) is 4.07. The number of nitrogens with zero attached hydrogens (tertiary/aromatic N) is 1. The Labute approximate surface area is 101 Å². The highest BCUT2D eigenvalue weighted by Gasteiger charge is 2.04. The standard InChI is InChI=1S/C12H21NO.C2H6/c1-6-8-12(9-7-2)14-11(3)10-13(4)5;1-2/h6-9,11H,1,10H2,2-5H3;1-2H3/b9-7-,12-8+;. The summed E-state index contributed by atoms with van der Waals surface area (Å²) in [4.78, 5) is 2.10. The number of rotatable bonds is 6. The van der Waals surface area contributed by atoms with E-state index in [4.69, 9.17) is 4.74 Å². The third-order valence-corrected chi connectivity index (χ3v) is 1.57. The zero-order valence-corrected chi connectivity index (χ0v) is 11.7. The van der Waals surface area contributed by atoms with Gasteiger partial charge >= 0.3 is 0 Å². The Morgan fingerprint density at radius 3 is 2.31 bits per heavy atom. The van der Waals surface area contributed by atoms with E-state index in [0.717, 1.165) is 12.3 Å². The maximum atomic E-state index is 5.70. The van der Waals surface area contributed by atoms with Gasteiger partial charge in [0.25, 0.3) is 0 Å². The van der Waals surface area contributed by atoms with E-state index in [9.17, 15) is 0 Å². The van der Waals surface area contributed by atoms with E-state index < -0.39 is 0 Å². The molecule has 0 saturated carbocycles. The van der Waals surface area contributed by atoms with E-state index >= 15 is 0 Å². The number of likely N-dealkylation sites (N-methyl/N-ethyl adjacent to an activating group) is 1. The molecule has 0 aromatic carbocycles. The molecule has 0 bridgehead atoms. The summed E-state index contributed by atoms with van der Waals surface area (Å²) >= 11 is 0. The molecule has 0 aromatic rings. The molecule has 0 rings (SSSR count). The molecule has 0 aromatic heterocycles. The van der Waals surface area contributed by atoms with Gasteiger partial charge in [-0.05, 0) is 40.1 Å². The lowest BCUT2D eigenvalue weighted by Gasteiger charge is -2.19. The van der Waals surface area contributed by atoms with Crippen molar-refractivity contribution in [1.29, 1.82) is 0 Å². The molecule has 0 radical (unpaired) electrons. The van der Waals surface area contributed by atoms with Crippen molar-refractivity contribution in [2.24, 2.45) is 0 Å². The lowest BCUT2D eigenvalue weighted by molar-refractivity contribution is 0.112. The second-order valence-electron chi connectivity index (χ2n) is 3.50. The molecule has 0 heterocycles. The quantitative estimate of drug-likeness (QED) is 0.505. The zero-order valence-electron chi connectivity index (χ0n) is 11.7. The predicted molar refractivity (Wildman–Crippen MR) is 73.5 cm³/mol. The van der Waals surface area contributed by atoms with Gasteiger partial charge in [-0.1, -0.05) is 32.6 Å². The van der Waals surface area contributed by atoms with Crippen molar-refractivity contribution in [3.05, 3.63) is 36.6 Å². The lowest BCUT2D eigenvalue weighted by Crippen LogP contribution is -2.25. The van der Waals surface area contributed by atoms with E-state index in [2.05, 4.69) is 18.4 Å². The van der Waals surface area contributed by atoms with Gasteiger partial charge in [0, 0.05) is 6.54 Å². The number of hydrogen-bond donors (Lipinski definition) is 0. The van der Waals surface area contributed by atoms with Crippen LogP contribution in [-0.2, 0) is 4.74 Å². The SMILES string of the molecule is C=C/C=C(\C=C/C)OC(C)CN(C)C.CC. The lowest BCUT2D eigenvalue weighted by atomic mass is 10.3. The van der Waals surface area contributed by atoms with Crippen LogP contribution < -0.4 is 0 Å². The second kappa shape index (κ2) is 12.1. The Hall–Kier alpha value is -1.02. The number of ether oxygens (including phenoxy) is 1. The molecule has 0 N–H and O–H groups in total. The fourth-order valence-corrected chi connectivity index (χ4v) is 1.20. The average molecular weight is 225 g/mol. The van der Waals surface area contributed by atoms with Gasteiger partial charge in [-0.2, -0.15) is 0 Å². The van der Waals surface area contributed by atoms with Gasteiger partial charge in [-0.3, -0.25) is 0 Å². The van der Waals surface area contributed by atoms with Gasteiger partial charge in [0.2, 0.25) is 0 Å². The molecule has 2 heteroatoms. The van der Waals surface area contributed by atoms with Crippen LogP contribution in [0, 0.1) is 0 Å². The van der Waals surface area contributed by atoms with Gasteiger partial charge in [0.1, 0.15) is 11.9 Å². The summed E-state index contributed by atoms with van der Waals surface area (Å²) < 4.78 is 5.70. The van der Waals surface area contributed by atoms with Crippen molar-refractivity contribution in [3.8, 4) is 0 Å². The molecule has 0 amide bonds. The third-order valence-electron chi connectivity index (χ3n) is 1.57. The van der Waals surface area contributed by atoms with Crippen LogP contribution in [0.15, 0.2) is 36.6 Å². The van der Waals surface area contributed by atoms with Crippen LogP contribution in [0.2, 0.25) is 0 Å². The van der Waals surface area contributed by atoms with Crippen LogP contribution in [0.1, 0.15) is 27.7 Å². The van der Waals surface area contributed by atoms with Gasteiger partial charge < -0.3 is 9.64 Å². The smallest absolute Gasteiger partial charge is 0.119 e. The fraction of sp³-hybridized carbons (Fsp3) is 0.571. The van der Waals surface area contributed by atoms with E-state index in [1.165, 1.54) is 0 Å². The molecule has 16 heavy (non-hydrogen) atoms. The van der Waals surface area contributed by atoms with Crippen molar-refractivity contribution in [2.45, 2.75) is 33.8 Å². The van der Waals surface area contributed by atoms with Crippen LogP contribution in [0.25, 0.3) is 0 Å². The van der Waals surface area contributed by atoms with Gasteiger partial charge in [0.05, 0.1) is 0 Å². The summed E-state index contributed by atoms with van der Waals surface area (Å²) in [6, 6.07) is 0. The first kappa shape index (κ1) is 17.4. The first-order chi connectivity index (χ1) is 7.60. The largest absolute Gasteiger partial charge is 0.489 e. The van der Waals surface area contributed by atoms with Gasteiger partial charge in [0.15, 0.2) is 0 Å². The Morgan fingerprint density at radius 1 is 1.38 bits per heavy atom. The highest BCUT2D eigenvalue weighted by molar-refractivity contribution is 5.16. The molecule has 0 saturated heterocycles. The van der Waals surface area contributed by atoms with Crippen LogP contribution in [0.5, 0.6) is 0 Å². The molecule has 1 unspecified atom stereocenters. The van der Waals surface area contributed by atoms with Crippen LogP contribution in [0.4, 0.5) is 0 Å². The Balaban J connectivity index is 0. The van der Waals surface area contributed by atoms with Crippen molar-refractivity contribution < 1.29 is 4.74 Å². The molecule has 0 aliphatic heterocycles. The van der Waals surface area contributed by atoms with Crippen molar-refractivity contribution >= 4 is 0 Å². The number of hydrogen-bond acceptors (Lipinski definition) is 2.